The molecule has 2 bridgehead atoms. The van der Waals surface area contributed by atoms with E-state index in [-0.39, 0.29) is 24.2 Å². The Bertz CT molecular complexity index is 335. The average Bonchev–Trinajstić information content (AvgIpc) is 2.90. The van der Waals surface area contributed by atoms with E-state index in [1.807, 2.05) is 0 Å². The summed E-state index contributed by atoms with van der Waals surface area (Å²) < 4.78 is 0. The fourth-order valence-electron chi connectivity index (χ4n) is 3.40. The molecule has 0 saturated heterocycles. The van der Waals surface area contributed by atoms with E-state index < -0.39 is 0 Å². The summed E-state index contributed by atoms with van der Waals surface area (Å²) in [4.78, 5) is 24.7. The van der Waals surface area contributed by atoms with Crippen LogP contribution in [0.5, 0.6) is 0 Å². The molecule has 3 atom stereocenters. The van der Waals surface area contributed by atoms with Gasteiger partial charge in [-0.15, -0.1) is 11.6 Å². The Kier molecular flexibility index (Phi) is 4.49. The number of alkyl halides is 1. The number of nitrogens with zero attached hydrogens (tertiary/aromatic N) is 1. The normalized spacial score (nSPS) is 29.3. The zero-order chi connectivity index (χ0) is 13.1. The SMILES string of the molecule is CN(CC1CC2CCC1C2)C(=O)NC(=O)CCCl. The van der Waals surface area contributed by atoms with Gasteiger partial charge in [0.25, 0.3) is 0 Å². The summed E-state index contributed by atoms with van der Waals surface area (Å²) in [6, 6.07) is -0.298. The average molecular weight is 273 g/mol. The van der Waals surface area contributed by atoms with Crippen molar-refractivity contribution in [1.29, 1.82) is 0 Å². The fraction of sp³-hybridized carbons (Fsp3) is 0.846. The molecule has 0 aromatic heterocycles. The Hall–Kier alpha value is -0.770. The maximum atomic E-state index is 11.8. The molecular formula is C13H21ClN2O2. The van der Waals surface area contributed by atoms with Crippen molar-refractivity contribution in [2.45, 2.75) is 32.1 Å². The number of halogens is 1. The summed E-state index contributed by atoms with van der Waals surface area (Å²) in [5.74, 6) is 2.26. The van der Waals surface area contributed by atoms with Crippen molar-refractivity contribution in [1.82, 2.24) is 10.2 Å². The third-order valence-corrected chi connectivity index (χ3v) is 4.50. The molecule has 0 radical (unpaired) electrons. The van der Waals surface area contributed by atoms with E-state index in [1.54, 1.807) is 11.9 Å². The summed E-state index contributed by atoms with van der Waals surface area (Å²) in [5.41, 5.74) is 0. The Morgan fingerprint density at radius 3 is 2.67 bits per heavy atom. The molecule has 0 aromatic carbocycles. The van der Waals surface area contributed by atoms with Gasteiger partial charge < -0.3 is 4.90 Å². The van der Waals surface area contributed by atoms with Gasteiger partial charge in [0.05, 0.1) is 0 Å². The van der Waals surface area contributed by atoms with Crippen LogP contribution in [0.25, 0.3) is 0 Å². The first-order chi connectivity index (χ1) is 8.60. The van der Waals surface area contributed by atoms with Crippen LogP contribution < -0.4 is 5.32 Å². The lowest BCUT2D eigenvalue weighted by Gasteiger charge is -2.27. The number of amides is 3. The lowest BCUT2D eigenvalue weighted by Crippen LogP contribution is -2.43. The van der Waals surface area contributed by atoms with Gasteiger partial charge in [0.2, 0.25) is 5.91 Å². The van der Waals surface area contributed by atoms with Gasteiger partial charge in [-0.3, -0.25) is 10.1 Å². The van der Waals surface area contributed by atoms with Crippen molar-refractivity contribution in [2.75, 3.05) is 19.5 Å². The predicted molar refractivity (Wildman–Crippen MR) is 70.4 cm³/mol. The van der Waals surface area contributed by atoms with E-state index >= 15 is 0 Å². The van der Waals surface area contributed by atoms with Crippen LogP contribution in [-0.2, 0) is 4.79 Å². The van der Waals surface area contributed by atoms with Crippen LogP contribution in [0.2, 0.25) is 0 Å². The zero-order valence-corrected chi connectivity index (χ0v) is 11.6. The summed E-state index contributed by atoms with van der Waals surface area (Å²) in [5, 5.41) is 2.36. The zero-order valence-electron chi connectivity index (χ0n) is 10.8. The lowest BCUT2D eigenvalue weighted by molar-refractivity contribution is -0.119. The molecule has 102 valence electrons. The Morgan fingerprint density at radius 1 is 1.33 bits per heavy atom. The van der Waals surface area contributed by atoms with Crippen LogP contribution in [0.15, 0.2) is 0 Å². The molecule has 0 heterocycles. The maximum absolute atomic E-state index is 11.8. The number of rotatable bonds is 4. The molecule has 2 saturated carbocycles. The molecule has 2 rings (SSSR count). The number of fused-ring (bicyclic) bond motifs is 2. The number of carbonyl (C=O) groups excluding carboxylic acids is 2. The van der Waals surface area contributed by atoms with Gasteiger partial charge in [-0.2, -0.15) is 0 Å². The van der Waals surface area contributed by atoms with E-state index in [0.29, 0.717) is 5.92 Å². The van der Waals surface area contributed by atoms with Crippen molar-refractivity contribution < 1.29 is 9.59 Å². The van der Waals surface area contributed by atoms with Crippen molar-refractivity contribution in [3.05, 3.63) is 0 Å². The standard InChI is InChI=1S/C13H21ClN2O2/c1-16(13(18)15-12(17)4-5-14)8-11-7-9-2-3-10(11)6-9/h9-11H,2-8H2,1H3,(H,15,17,18). The first-order valence-corrected chi connectivity index (χ1v) is 7.24. The van der Waals surface area contributed by atoms with Crippen molar-refractivity contribution >= 4 is 23.5 Å². The van der Waals surface area contributed by atoms with Gasteiger partial charge in [-0.25, -0.2) is 4.79 Å². The summed E-state index contributed by atoms with van der Waals surface area (Å²) >= 11 is 5.45. The lowest BCUT2D eigenvalue weighted by atomic mass is 9.88. The second-order valence-electron chi connectivity index (χ2n) is 5.61. The Balaban J connectivity index is 1.75. The van der Waals surface area contributed by atoms with Gasteiger partial charge in [0.1, 0.15) is 0 Å². The third-order valence-electron chi connectivity index (χ3n) is 4.31. The quantitative estimate of drug-likeness (QED) is 0.798. The van der Waals surface area contributed by atoms with Crippen LogP contribution >= 0.6 is 11.6 Å². The molecule has 2 fully saturated rings. The van der Waals surface area contributed by atoms with Gasteiger partial charge >= 0.3 is 6.03 Å². The van der Waals surface area contributed by atoms with E-state index in [9.17, 15) is 9.59 Å². The molecule has 2 aliphatic rings. The van der Waals surface area contributed by atoms with Crippen LogP contribution in [0.4, 0.5) is 4.79 Å². The molecular weight excluding hydrogens is 252 g/mol. The van der Waals surface area contributed by atoms with E-state index in [0.717, 1.165) is 18.4 Å². The number of imide groups is 1. The van der Waals surface area contributed by atoms with Crippen molar-refractivity contribution in [3.63, 3.8) is 0 Å². The molecule has 2 aliphatic carbocycles. The van der Waals surface area contributed by atoms with E-state index in [1.165, 1.54) is 25.7 Å². The van der Waals surface area contributed by atoms with Gasteiger partial charge in [0, 0.05) is 25.9 Å². The smallest absolute Gasteiger partial charge is 0.323 e. The second kappa shape index (κ2) is 5.91. The first-order valence-electron chi connectivity index (χ1n) is 6.71. The van der Waals surface area contributed by atoms with Crippen molar-refractivity contribution in [3.8, 4) is 0 Å². The highest BCUT2D eigenvalue weighted by Crippen LogP contribution is 2.48. The topological polar surface area (TPSA) is 49.4 Å². The van der Waals surface area contributed by atoms with Crippen molar-refractivity contribution in [2.24, 2.45) is 17.8 Å². The number of carbonyl (C=O) groups is 2. The number of hydrogen-bond acceptors (Lipinski definition) is 2. The third kappa shape index (κ3) is 3.16. The van der Waals surface area contributed by atoms with Crippen LogP contribution in [0, 0.1) is 17.8 Å². The minimum absolute atomic E-state index is 0.190. The Labute approximate surface area is 113 Å². The molecule has 4 nitrogen and oxygen atoms in total. The van der Waals surface area contributed by atoms with Gasteiger partial charge in [0.15, 0.2) is 0 Å². The van der Waals surface area contributed by atoms with Crippen LogP contribution in [0.3, 0.4) is 0 Å². The molecule has 0 aliphatic heterocycles. The number of nitrogens with one attached hydrogen (secondary N) is 1. The summed E-state index contributed by atoms with van der Waals surface area (Å²) in [6.07, 6.45) is 5.46. The number of hydrogen-bond donors (Lipinski definition) is 1. The van der Waals surface area contributed by atoms with Gasteiger partial charge in [-0.1, -0.05) is 6.42 Å². The van der Waals surface area contributed by atoms with Crippen LogP contribution in [0.1, 0.15) is 32.1 Å². The molecule has 3 amide bonds. The fourth-order valence-corrected chi connectivity index (χ4v) is 3.57. The maximum Gasteiger partial charge on any atom is 0.323 e. The highest BCUT2D eigenvalue weighted by atomic mass is 35.5. The molecule has 0 aromatic rings. The van der Waals surface area contributed by atoms with Gasteiger partial charge in [-0.05, 0) is 37.0 Å². The molecule has 3 unspecified atom stereocenters. The molecule has 5 heteroatoms. The second-order valence-corrected chi connectivity index (χ2v) is 5.99. The predicted octanol–water partition coefficient (Wildman–Crippen LogP) is 2.22. The summed E-state index contributed by atoms with van der Waals surface area (Å²) in [7, 11) is 1.76. The highest BCUT2D eigenvalue weighted by Gasteiger charge is 2.40. The first kappa shape index (κ1) is 13.7. The largest absolute Gasteiger partial charge is 0.327 e. The Morgan fingerprint density at radius 2 is 2.11 bits per heavy atom. The molecule has 1 N–H and O–H groups in total. The monoisotopic (exact) mass is 272 g/mol. The van der Waals surface area contributed by atoms with E-state index in [4.69, 9.17) is 11.6 Å². The molecule has 0 spiro atoms. The minimum Gasteiger partial charge on any atom is -0.327 e. The minimum atomic E-state index is -0.298. The summed E-state index contributed by atoms with van der Waals surface area (Å²) in [6.45, 7) is 0.765. The molecule has 18 heavy (non-hydrogen) atoms. The highest BCUT2D eigenvalue weighted by molar-refractivity contribution is 6.19. The van der Waals surface area contributed by atoms with Crippen LogP contribution in [-0.4, -0.2) is 36.3 Å². The van der Waals surface area contributed by atoms with E-state index in [2.05, 4.69) is 5.32 Å². The number of urea groups is 1.